The number of amides is 1. The van der Waals surface area contributed by atoms with Gasteiger partial charge in [0.1, 0.15) is 0 Å². The molecule has 23 heavy (non-hydrogen) atoms. The zero-order chi connectivity index (χ0) is 15.8. The largest absolute Gasteiger partial charge is 0.347 e. The molecule has 4 nitrogen and oxygen atoms in total. The molecule has 0 aromatic carbocycles. The second-order valence-corrected chi connectivity index (χ2v) is 10.2. The fraction of sp³-hybridized carbons (Fsp3) is 0.467. The maximum Gasteiger partial charge on any atom is 0.261 e. The quantitative estimate of drug-likeness (QED) is 0.868. The van der Waals surface area contributed by atoms with Gasteiger partial charge >= 0.3 is 0 Å². The van der Waals surface area contributed by atoms with E-state index in [0.717, 1.165) is 19.8 Å². The average molecular weight is 386 g/mol. The van der Waals surface area contributed by atoms with Crippen molar-refractivity contribution in [2.24, 2.45) is 5.92 Å². The van der Waals surface area contributed by atoms with Crippen molar-refractivity contribution < 1.29 is 4.79 Å². The van der Waals surface area contributed by atoms with Gasteiger partial charge < -0.3 is 10.2 Å². The first-order valence-electron chi connectivity index (χ1n) is 7.59. The molecule has 2 bridgehead atoms. The highest BCUT2D eigenvalue weighted by atomic mass is 35.5. The summed E-state index contributed by atoms with van der Waals surface area (Å²) in [4.78, 5) is 19.8. The summed E-state index contributed by atoms with van der Waals surface area (Å²) in [6, 6.07) is 4.21. The number of hydrogen-bond donors (Lipinski definition) is 1. The van der Waals surface area contributed by atoms with Gasteiger partial charge in [0, 0.05) is 12.6 Å². The molecule has 5 heterocycles. The number of piperidine rings is 3. The van der Waals surface area contributed by atoms with E-state index in [4.69, 9.17) is 11.6 Å². The van der Waals surface area contributed by atoms with Crippen LogP contribution in [0.1, 0.15) is 22.5 Å². The van der Waals surface area contributed by atoms with Gasteiger partial charge in [-0.3, -0.25) is 4.79 Å². The number of hydrogen-bond acceptors (Lipinski definition) is 6. The Labute approximate surface area is 152 Å². The third kappa shape index (κ3) is 3.58. The highest BCUT2D eigenvalue weighted by Gasteiger charge is 2.35. The van der Waals surface area contributed by atoms with Crippen molar-refractivity contribution in [1.29, 1.82) is 0 Å². The number of thiophene rings is 1. The molecule has 122 valence electrons. The second-order valence-electron chi connectivity index (χ2n) is 5.87. The molecule has 0 saturated carbocycles. The van der Waals surface area contributed by atoms with Crippen molar-refractivity contribution in [1.82, 2.24) is 15.2 Å². The molecule has 2 aromatic heterocycles. The lowest BCUT2D eigenvalue weighted by Gasteiger charge is -2.44. The van der Waals surface area contributed by atoms with Gasteiger partial charge in [-0.05, 0) is 44.0 Å². The van der Waals surface area contributed by atoms with Gasteiger partial charge in [0.15, 0.2) is 4.47 Å². The first-order chi connectivity index (χ1) is 11.2. The van der Waals surface area contributed by atoms with E-state index in [-0.39, 0.29) is 5.91 Å². The van der Waals surface area contributed by atoms with Gasteiger partial charge in [0.05, 0.1) is 19.5 Å². The molecule has 3 aliphatic rings. The third-order valence-electron chi connectivity index (χ3n) is 4.44. The van der Waals surface area contributed by atoms with Crippen LogP contribution in [-0.2, 0) is 0 Å². The zero-order valence-electron chi connectivity index (χ0n) is 12.3. The third-order valence-corrected chi connectivity index (χ3v) is 7.87. The molecule has 3 fully saturated rings. The van der Waals surface area contributed by atoms with Crippen LogP contribution in [0.25, 0.3) is 0 Å². The number of nitrogens with one attached hydrogen (secondary N) is 1. The van der Waals surface area contributed by atoms with Gasteiger partial charge in [-0.15, -0.1) is 11.3 Å². The molecule has 0 unspecified atom stereocenters. The highest BCUT2D eigenvalue weighted by molar-refractivity contribution is 8.02. The molecule has 3 saturated heterocycles. The van der Waals surface area contributed by atoms with E-state index in [1.54, 1.807) is 18.0 Å². The fourth-order valence-corrected chi connectivity index (χ4v) is 6.68. The smallest absolute Gasteiger partial charge is 0.261 e. The van der Waals surface area contributed by atoms with Crippen molar-refractivity contribution in [2.75, 3.05) is 19.6 Å². The van der Waals surface area contributed by atoms with E-state index in [2.05, 4.69) is 15.2 Å². The Morgan fingerprint density at radius 3 is 2.78 bits per heavy atom. The van der Waals surface area contributed by atoms with E-state index < -0.39 is 0 Å². The Morgan fingerprint density at radius 1 is 1.30 bits per heavy atom. The summed E-state index contributed by atoms with van der Waals surface area (Å²) >= 11 is 10.4. The minimum absolute atomic E-state index is 0.0583. The molecular formula is C15H16ClN3OS3. The topological polar surface area (TPSA) is 45.2 Å². The number of carbonyl (C=O) groups excluding carboxylic acids is 1. The van der Waals surface area contributed by atoms with Crippen molar-refractivity contribution in [2.45, 2.75) is 27.3 Å². The predicted octanol–water partition coefficient (Wildman–Crippen LogP) is 3.83. The van der Waals surface area contributed by atoms with E-state index in [9.17, 15) is 4.79 Å². The summed E-state index contributed by atoms with van der Waals surface area (Å²) in [5.41, 5.74) is 0. The maximum atomic E-state index is 12.5. The molecule has 2 aromatic rings. The number of halogens is 1. The summed E-state index contributed by atoms with van der Waals surface area (Å²) in [6.45, 7) is 3.38. The summed E-state index contributed by atoms with van der Waals surface area (Å²) in [5.74, 6) is 0.708. The number of rotatable bonds is 4. The Kier molecular flexibility index (Phi) is 4.65. The Morgan fingerprint density at radius 2 is 2.13 bits per heavy atom. The Bertz CT molecular complexity index is 708. The SMILES string of the molecule is O=C(N[C@H]1CN2CCC1CC2)c1ccc(Sc2cnc(Cl)s2)s1. The molecule has 1 atom stereocenters. The number of thiazole rings is 1. The lowest BCUT2D eigenvalue weighted by Crippen LogP contribution is -2.57. The highest BCUT2D eigenvalue weighted by Crippen LogP contribution is 2.37. The molecule has 5 rings (SSSR count). The molecule has 0 spiro atoms. The van der Waals surface area contributed by atoms with Gasteiger partial charge in [0.2, 0.25) is 0 Å². The van der Waals surface area contributed by atoms with Crippen LogP contribution >= 0.6 is 46.0 Å². The second kappa shape index (κ2) is 6.72. The van der Waals surface area contributed by atoms with Crippen LogP contribution in [0.2, 0.25) is 4.47 Å². The van der Waals surface area contributed by atoms with Gasteiger partial charge in [-0.2, -0.15) is 0 Å². The fourth-order valence-electron chi connectivity index (χ4n) is 3.25. The molecule has 0 radical (unpaired) electrons. The summed E-state index contributed by atoms with van der Waals surface area (Å²) in [6.07, 6.45) is 4.19. The maximum absolute atomic E-state index is 12.5. The zero-order valence-corrected chi connectivity index (χ0v) is 15.5. The predicted molar refractivity (Wildman–Crippen MR) is 96.0 cm³/mol. The normalized spacial score (nSPS) is 26.4. The number of nitrogens with zero attached hydrogens (tertiary/aromatic N) is 2. The van der Waals surface area contributed by atoms with E-state index in [0.29, 0.717) is 16.4 Å². The van der Waals surface area contributed by atoms with Crippen LogP contribution in [0.4, 0.5) is 0 Å². The summed E-state index contributed by atoms with van der Waals surface area (Å²) in [5, 5.41) is 3.24. The molecule has 8 heteroatoms. The van der Waals surface area contributed by atoms with Crippen LogP contribution in [0.3, 0.4) is 0 Å². The molecular weight excluding hydrogens is 370 g/mol. The van der Waals surface area contributed by atoms with Crippen molar-refractivity contribution in [3.63, 3.8) is 0 Å². The van der Waals surface area contributed by atoms with Crippen LogP contribution in [0.5, 0.6) is 0 Å². The number of fused-ring (bicyclic) bond motifs is 3. The monoisotopic (exact) mass is 385 g/mol. The number of carbonyl (C=O) groups is 1. The van der Waals surface area contributed by atoms with Crippen molar-refractivity contribution in [3.05, 3.63) is 27.7 Å². The Balaban J connectivity index is 1.39. The average Bonchev–Trinajstić information content (AvgIpc) is 3.18. The van der Waals surface area contributed by atoms with E-state index in [1.165, 1.54) is 48.6 Å². The summed E-state index contributed by atoms with van der Waals surface area (Å²) < 4.78 is 2.68. The standard InChI is InChI=1S/C15H16ClN3OS3/c16-15-17-7-13(23-15)22-12-2-1-11(21-12)14(20)18-10-8-19-5-3-9(10)4-6-19/h1-2,7,9-10H,3-6,8H2,(H,18,20)/t10-/m0/s1. The van der Waals surface area contributed by atoms with Crippen LogP contribution in [-0.4, -0.2) is 41.5 Å². The van der Waals surface area contributed by atoms with Gasteiger partial charge in [-0.25, -0.2) is 4.98 Å². The van der Waals surface area contributed by atoms with Crippen LogP contribution < -0.4 is 5.32 Å². The number of aromatic nitrogens is 1. The van der Waals surface area contributed by atoms with Crippen LogP contribution in [0.15, 0.2) is 26.7 Å². The minimum Gasteiger partial charge on any atom is -0.347 e. The Hall–Kier alpha value is -0.600. The molecule has 1 N–H and O–H groups in total. The van der Waals surface area contributed by atoms with E-state index in [1.807, 2.05) is 12.1 Å². The van der Waals surface area contributed by atoms with E-state index >= 15 is 0 Å². The molecule has 3 aliphatic heterocycles. The van der Waals surface area contributed by atoms with Crippen molar-refractivity contribution >= 4 is 51.9 Å². The molecule has 0 aliphatic carbocycles. The first kappa shape index (κ1) is 15.9. The molecule has 1 amide bonds. The lowest BCUT2D eigenvalue weighted by atomic mass is 9.84. The lowest BCUT2D eigenvalue weighted by molar-refractivity contribution is 0.0622. The summed E-state index contributed by atoms with van der Waals surface area (Å²) in [7, 11) is 0. The van der Waals surface area contributed by atoms with Crippen LogP contribution in [0, 0.1) is 5.92 Å². The van der Waals surface area contributed by atoms with Gasteiger partial charge in [-0.1, -0.05) is 34.7 Å². The van der Waals surface area contributed by atoms with Crippen molar-refractivity contribution in [3.8, 4) is 0 Å². The van der Waals surface area contributed by atoms with Gasteiger partial charge in [0.25, 0.3) is 5.91 Å². The minimum atomic E-state index is 0.0583. The first-order valence-corrected chi connectivity index (χ1v) is 10.4.